The van der Waals surface area contributed by atoms with Gasteiger partial charge < -0.3 is 9.64 Å². The predicted molar refractivity (Wildman–Crippen MR) is 85.4 cm³/mol. The number of fused-ring (bicyclic) bond motifs is 1. The van der Waals surface area contributed by atoms with Gasteiger partial charge in [0.2, 0.25) is 0 Å². The zero-order chi connectivity index (χ0) is 14.7. The van der Waals surface area contributed by atoms with Crippen LogP contribution in [-0.2, 0) is 0 Å². The van der Waals surface area contributed by atoms with Crippen LogP contribution in [0.1, 0.15) is 11.8 Å². The van der Waals surface area contributed by atoms with Crippen molar-refractivity contribution in [2.24, 2.45) is 0 Å². The van der Waals surface area contributed by atoms with Gasteiger partial charge in [-0.25, -0.2) is 4.79 Å². The van der Waals surface area contributed by atoms with E-state index >= 15 is 0 Å². The molecule has 0 saturated heterocycles. The Bertz CT molecular complexity index is 683. The summed E-state index contributed by atoms with van der Waals surface area (Å²) in [5.74, 6) is 0.613. The monoisotopic (exact) mass is 287 g/mol. The van der Waals surface area contributed by atoms with Crippen molar-refractivity contribution in [1.29, 1.82) is 0 Å². The van der Waals surface area contributed by atoms with Crippen LogP contribution in [0, 0.1) is 0 Å². The van der Waals surface area contributed by atoms with Crippen molar-refractivity contribution in [3.8, 4) is 5.75 Å². The Kier molecular flexibility index (Phi) is 4.25. The first-order valence-electron chi connectivity index (χ1n) is 6.23. The van der Waals surface area contributed by atoms with Crippen LogP contribution in [0.4, 0.5) is 4.79 Å². The van der Waals surface area contributed by atoms with Crippen LogP contribution >= 0.6 is 11.3 Å². The Morgan fingerprint density at radius 2 is 2.05 bits per heavy atom. The summed E-state index contributed by atoms with van der Waals surface area (Å²) < 4.78 is 6.60. The lowest BCUT2D eigenvalue weighted by molar-refractivity contribution is 0.172. The Balaban J connectivity index is 2.49. The SMILES string of the molecule is C=C(C)/C=C/c1sc2ccccc2c1OC(=O)N(C)C. The summed E-state index contributed by atoms with van der Waals surface area (Å²) in [7, 11) is 3.33. The molecule has 0 aliphatic heterocycles. The van der Waals surface area contributed by atoms with Crippen LogP contribution < -0.4 is 4.74 Å². The molecule has 2 rings (SSSR count). The zero-order valence-electron chi connectivity index (χ0n) is 11.8. The molecular formula is C16H17NO2S. The molecule has 4 heteroatoms. The third kappa shape index (κ3) is 3.08. The summed E-state index contributed by atoms with van der Waals surface area (Å²) in [4.78, 5) is 14.1. The number of hydrogen-bond acceptors (Lipinski definition) is 3. The van der Waals surface area contributed by atoms with Gasteiger partial charge in [-0.15, -0.1) is 11.3 Å². The third-order valence-corrected chi connectivity index (χ3v) is 3.77. The molecule has 0 saturated carbocycles. The van der Waals surface area contributed by atoms with Crippen LogP contribution in [0.3, 0.4) is 0 Å². The molecule has 1 aromatic carbocycles. The van der Waals surface area contributed by atoms with E-state index in [0.29, 0.717) is 5.75 Å². The van der Waals surface area contributed by atoms with Gasteiger partial charge in [0, 0.05) is 24.2 Å². The minimum atomic E-state index is -0.376. The first kappa shape index (κ1) is 14.3. The van der Waals surface area contributed by atoms with Crippen LogP contribution in [0.25, 0.3) is 16.2 Å². The fourth-order valence-electron chi connectivity index (χ4n) is 1.65. The highest BCUT2D eigenvalue weighted by Crippen LogP contribution is 2.39. The van der Waals surface area contributed by atoms with Crippen molar-refractivity contribution in [1.82, 2.24) is 4.90 Å². The number of hydrogen-bond donors (Lipinski definition) is 0. The van der Waals surface area contributed by atoms with E-state index in [1.54, 1.807) is 25.4 Å². The lowest BCUT2D eigenvalue weighted by Gasteiger charge is -2.10. The highest BCUT2D eigenvalue weighted by atomic mass is 32.1. The molecule has 0 N–H and O–H groups in total. The van der Waals surface area contributed by atoms with E-state index in [2.05, 4.69) is 6.58 Å². The lowest BCUT2D eigenvalue weighted by atomic mass is 10.2. The Hall–Kier alpha value is -2.07. The number of rotatable bonds is 3. The quantitative estimate of drug-likeness (QED) is 0.775. The minimum Gasteiger partial charge on any atom is -0.408 e. The number of carbonyl (C=O) groups is 1. The van der Waals surface area contributed by atoms with E-state index in [9.17, 15) is 4.79 Å². The first-order valence-corrected chi connectivity index (χ1v) is 7.05. The topological polar surface area (TPSA) is 29.5 Å². The number of nitrogens with zero attached hydrogens (tertiary/aromatic N) is 1. The van der Waals surface area contributed by atoms with Crippen molar-refractivity contribution >= 4 is 33.6 Å². The molecule has 0 aliphatic carbocycles. The summed E-state index contributed by atoms with van der Waals surface area (Å²) in [5, 5.41) is 0.953. The summed E-state index contributed by atoms with van der Waals surface area (Å²) in [6.45, 7) is 5.77. The highest BCUT2D eigenvalue weighted by Gasteiger charge is 2.16. The summed E-state index contributed by atoms with van der Waals surface area (Å²) in [6, 6.07) is 7.89. The maximum atomic E-state index is 11.8. The van der Waals surface area contributed by atoms with E-state index in [0.717, 1.165) is 20.5 Å². The maximum absolute atomic E-state index is 11.8. The lowest BCUT2D eigenvalue weighted by Crippen LogP contribution is -2.25. The van der Waals surface area contributed by atoms with Gasteiger partial charge in [-0.1, -0.05) is 30.4 Å². The first-order chi connectivity index (χ1) is 9.49. The molecule has 1 heterocycles. The van der Waals surface area contributed by atoms with Crippen LogP contribution in [0.15, 0.2) is 42.5 Å². The Morgan fingerprint density at radius 1 is 1.35 bits per heavy atom. The van der Waals surface area contributed by atoms with Crippen molar-refractivity contribution < 1.29 is 9.53 Å². The summed E-state index contributed by atoms with van der Waals surface area (Å²) in [5.41, 5.74) is 0.951. The third-order valence-electron chi connectivity index (χ3n) is 2.65. The van der Waals surface area contributed by atoms with Gasteiger partial charge in [-0.2, -0.15) is 0 Å². The fraction of sp³-hybridized carbons (Fsp3) is 0.188. The van der Waals surface area contributed by atoms with E-state index in [1.165, 1.54) is 4.90 Å². The van der Waals surface area contributed by atoms with Gasteiger partial charge in [0.25, 0.3) is 0 Å². The smallest absolute Gasteiger partial charge is 0.408 e. The van der Waals surface area contributed by atoms with Gasteiger partial charge in [0.15, 0.2) is 5.75 Å². The van der Waals surface area contributed by atoms with Gasteiger partial charge in [0.1, 0.15) is 0 Å². The fourth-order valence-corrected chi connectivity index (χ4v) is 2.69. The number of benzene rings is 1. The zero-order valence-corrected chi connectivity index (χ0v) is 12.7. The number of allylic oxidation sites excluding steroid dienone is 2. The number of thiophene rings is 1. The van der Waals surface area contributed by atoms with Crippen molar-refractivity contribution in [2.45, 2.75) is 6.92 Å². The van der Waals surface area contributed by atoms with Crippen LogP contribution in [0.2, 0.25) is 0 Å². The second-order valence-electron chi connectivity index (χ2n) is 4.73. The number of carbonyl (C=O) groups excluding carboxylic acids is 1. The molecule has 2 aromatic rings. The number of amides is 1. The van der Waals surface area contributed by atoms with Gasteiger partial charge in [-0.3, -0.25) is 0 Å². The molecule has 3 nitrogen and oxygen atoms in total. The van der Waals surface area contributed by atoms with E-state index < -0.39 is 0 Å². The maximum Gasteiger partial charge on any atom is 0.414 e. The van der Waals surface area contributed by atoms with Crippen molar-refractivity contribution in [2.75, 3.05) is 14.1 Å². The largest absolute Gasteiger partial charge is 0.414 e. The molecule has 0 fully saturated rings. The average molecular weight is 287 g/mol. The molecule has 104 valence electrons. The van der Waals surface area contributed by atoms with Gasteiger partial charge >= 0.3 is 6.09 Å². The minimum absolute atomic E-state index is 0.376. The molecule has 0 radical (unpaired) electrons. The molecule has 1 amide bonds. The normalized spacial score (nSPS) is 10.9. The molecule has 20 heavy (non-hydrogen) atoms. The second-order valence-corrected chi connectivity index (χ2v) is 5.82. The molecule has 0 unspecified atom stereocenters. The Morgan fingerprint density at radius 3 is 2.70 bits per heavy atom. The van der Waals surface area contributed by atoms with Crippen molar-refractivity contribution in [3.05, 3.63) is 47.4 Å². The van der Waals surface area contributed by atoms with Crippen LogP contribution in [0.5, 0.6) is 5.75 Å². The standard InChI is InChI=1S/C16H17NO2S/c1-11(2)9-10-14-15(19-16(18)17(3)4)12-7-5-6-8-13(12)20-14/h5-10H,1H2,2-4H3/b10-9+. The summed E-state index contributed by atoms with van der Waals surface area (Å²) in [6.07, 6.45) is 3.47. The van der Waals surface area contributed by atoms with Crippen LogP contribution in [-0.4, -0.2) is 25.1 Å². The molecule has 0 bridgehead atoms. The molecular weight excluding hydrogens is 270 g/mol. The molecule has 0 atom stereocenters. The highest BCUT2D eigenvalue weighted by molar-refractivity contribution is 7.20. The molecule has 0 aliphatic rings. The molecule has 0 spiro atoms. The average Bonchev–Trinajstić information content (AvgIpc) is 2.74. The van der Waals surface area contributed by atoms with E-state index in [-0.39, 0.29) is 6.09 Å². The van der Waals surface area contributed by atoms with Crippen molar-refractivity contribution in [3.63, 3.8) is 0 Å². The van der Waals surface area contributed by atoms with E-state index in [4.69, 9.17) is 4.74 Å². The summed E-state index contributed by atoms with van der Waals surface area (Å²) >= 11 is 1.60. The second kappa shape index (κ2) is 5.92. The van der Waals surface area contributed by atoms with E-state index in [1.807, 2.05) is 43.3 Å². The predicted octanol–water partition coefficient (Wildman–Crippen LogP) is 4.55. The van der Waals surface area contributed by atoms with Gasteiger partial charge in [0.05, 0.1) is 4.88 Å². The Labute approximate surface area is 122 Å². The van der Waals surface area contributed by atoms with Gasteiger partial charge in [-0.05, 0) is 25.1 Å². The number of ether oxygens (including phenoxy) is 1. The molecule has 1 aromatic heterocycles.